The van der Waals surface area contributed by atoms with Gasteiger partial charge < -0.3 is 11.5 Å². The van der Waals surface area contributed by atoms with Gasteiger partial charge in [-0.25, -0.2) is 0 Å². The van der Waals surface area contributed by atoms with Crippen LogP contribution in [-0.4, -0.2) is 11.8 Å². The number of allylic oxidation sites excluding steroid dienone is 1. The normalized spacial score (nSPS) is 6.13. The maximum atomic E-state index is 9.82. The van der Waals surface area contributed by atoms with Crippen LogP contribution < -0.4 is 11.5 Å². The number of primary amides is 2. The van der Waals surface area contributed by atoms with Crippen LogP contribution in [0.15, 0.2) is 37.5 Å². The van der Waals surface area contributed by atoms with Gasteiger partial charge in [0.05, 0.1) is 6.07 Å². The second kappa shape index (κ2) is 14.2. The zero-order valence-electron chi connectivity index (χ0n) is 8.69. The van der Waals surface area contributed by atoms with Gasteiger partial charge in [0.2, 0.25) is 11.8 Å². The number of nitriles is 1. The lowest BCUT2D eigenvalue weighted by Gasteiger charge is -1.81. The zero-order chi connectivity index (χ0) is 12.9. The molecule has 15 heavy (non-hydrogen) atoms. The largest absolute Gasteiger partial charge is 0.366 e. The van der Waals surface area contributed by atoms with Crippen molar-refractivity contribution in [2.24, 2.45) is 11.5 Å². The molecule has 0 radical (unpaired) electrons. The van der Waals surface area contributed by atoms with Crippen LogP contribution in [0.1, 0.15) is 6.92 Å². The fraction of sp³-hybridized carbons (Fsp3) is 0.100. The summed E-state index contributed by atoms with van der Waals surface area (Å²) in [5, 5.41) is 7.51. The van der Waals surface area contributed by atoms with E-state index < -0.39 is 11.8 Å². The molecule has 5 nitrogen and oxygen atoms in total. The first-order valence-electron chi connectivity index (χ1n) is 3.71. The van der Waals surface area contributed by atoms with Gasteiger partial charge in [0.25, 0.3) is 0 Å². The second-order valence-corrected chi connectivity index (χ2v) is 2.08. The Labute approximate surface area is 89.4 Å². The molecule has 0 saturated carbocycles. The van der Waals surface area contributed by atoms with Crippen molar-refractivity contribution in [1.82, 2.24) is 0 Å². The molecular formula is C10H15N3O2. The molecule has 0 bridgehead atoms. The molecule has 5 heteroatoms. The smallest absolute Gasteiger partial charge is 0.243 e. The molecule has 0 saturated heterocycles. The van der Waals surface area contributed by atoms with Gasteiger partial charge in [-0.3, -0.25) is 9.59 Å². The van der Waals surface area contributed by atoms with Crippen molar-refractivity contribution in [3.63, 3.8) is 0 Å². The molecule has 0 aliphatic carbocycles. The summed E-state index contributed by atoms with van der Waals surface area (Å²) in [5.41, 5.74) is 9.63. The van der Waals surface area contributed by atoms with Gasteiger partial charge in [-0.2, -0.15) is 5.26 Å². The Morgan fingerprint density at radius 3 is 1.53 bits per heavy atom. The van der Waals surface area contributed by atoms with Crippen LogP contribution in [0.4, 0.5) is 0 Å². The molecule has 82 valence electrons. The number of hydrogen-bond acceptors (Lipinski definition) is 3. The van der Waals surface area contributed by atoms with Gasteiger partial charge in [0, 0.05) is 11.6 Å². The maximum Gasteiger partial charge on any atom is 0.243 e. The van der Waals surface area contributed by atoms with Crippen LogP contribution in [-0.2, 0) is 9.59 Å². The minimum absolute atomic E-state index is 0.398. The van der Waals surface area contributed by atoms with Crippen molar-refractivity contribution in [2.75, 3.05) is 0 Å². The van der Waals surface area contributed by atoms with E-state index in [0.717, 1.165) is 6.08 Å². The first kappa shape index (κ1) is 18.4. The first-order chi connectivity index (χ1) is 6.83. The lowest BCUT2D eigenvalue weighted by Crippen LogP contribution is -2.10. The van der Waals surface area contributed by atoms with Crippen molar-refractivity contribution in [3.8, 4) is 6.07 Å². The van der Waals surface area contributed by atoms with Gasteiger partial charge in [-0.15, -0.1) is 0 Å². The highest BCUT2D eigenvalue weighted by Crippen LogP contribution is 1.78. The van der Waals surface area contributed by atoms with Crippen LogP contribution in [0.2, 0.25) is 0 Å². The first-order valence-corrected chi connectivity index (χ1v) is 3.71. The minimum atomic E-state index is -0.481. The van der Waals surface area contributed by atoms with Crippen molar-refractivity contribution < 1.29 is 9.59 Å². The number of hydrogen-bond donors (Lipinski definition) is 2. The quantitative estimate of drug-likeness (QED) is 0.507. The minimum Gasteiger partial charge on any atom is -0.366 e. The number of nitrogens with two attached hydrogens (primary N) is 2. The third-order valence-electron chi connectivity index (χ3n) is 0.713. The van der Waals surface area contributed by atoms with Crippen molar-refractivity contribution in [1.29, 1.82) is 5.26 Å². The summed E-state index contributed by atoms with van der Waals surface area (Å²) < 4.78 is 0. The van der Waals surface area contributed by atoms with E-state index in [2.05, 4.69) is 25.5 Å². The molecule has 0 aromatic carbocycles. The van der Waals surface area contributed by atoms with Crippen LogP contribution >= 0.6 is 0 Å². The van der Waals surface area contributed by atoms with E-state index in [1.54, 1.807) is 13.0 Å². The van der Waals surface area contributed by atoms with E-state index in [-0.39, 0.29) is 0 Å². The summed E-state index contributed by atoms with van der Waals surface area (Å²) in [6.45, 7) is 11.1. The molecule has 0 atom stereocenters. The Morgan fingerprint density at radius 2 is 1.53 bits per heavy atom. The third-order valence-corrected chi connectivity index (χ3v) is 0.713. The Balaban J connectivity index is -0.000000147. The third kappa shape index (κ3) is 50.2. The molecule has 0 aromatic heterocycles. The number of nitrogens with zero attached hydrogens (tertiary/aromatic N) is 1. The molecule has 0 heterocycles. The lowest BCUT2D eigenvalue weighted by atomic mass is 10.3. The molecule has 2 amide bonds. The molecule has 0 spiro atoms. The van der Waals surface area contributed by atoms with Crippen molar-refractivity contribution in [3.05, 3.63) is 37.5 Å². The van der Waals surface area contributed by atoms with E-state index in [0.29, 0.717) is 5.57 Å². The average molecular weight is 209 g/mol. The summed E-state index contributed by atoms with van der Waals surface area (Å²) in [4.78, 5) is 19.3. The second-order valence-electron chi connectivity index (χ2n) is 2.08. The van der Waals surface area contributed by atoms with Crippen LogP contribution in [0.5, 0.6) is 0 Å². The Kier molecular flexibility index (Phi) is 17.4. The standard InChI is InChI=1S/C4H7NO.C3H5NO.C3H3N/c1-3(2)4(5)6;1-2-3(4)5;1-2-3-4/h1H2,2H3,(H2,5,6);2H,1H2,(H2,4,5);2H,1H2. The Bertz CT molecular complexity index is 276. The van der Waals surface area contributed by atoms with Crippen LogP contribution in [0, 0.1) is 11.3 Å². The highest BCUT2D eigenvalue weighted by atomic mass is 16.1. The average Bonchev–Trinajstić information content (AvgIpc) is 2.19. The summed E-state index contributed by atoms with van der Waals surface area (Å²) in [6, 6.07) is 1.69. The zero-order valence-corrected chi connectivity index (χ0v) is 8.69. The highest BCUT2D eigenvalue weighted by molar-refractivity contribution is 5.90. The number of amides is 2. The van der Waals surface area contributed by atoms with Crippen LogP contribution in [0.25, 0.3) is 0 Å². The predicted octanol–water partition coefficient (Wildman–Crippen LogP) is 0.401. The molecule has 4 N–H and O–H groups in total. The SMILES string of the molecule is C=C(C)C(N)=O.C=CC#N.C=CC(N)=O. The molecular weight excluding hydrogens is 194 g/mol. The van der Waals surface area contributed by atoms with Crippen molar-refractivity contribution in [2.45, 2.75) is 6.92 Å². The molecule has 0 aliphatic heterocycles. The number of rotatable bonds is 2. The highest BCUT2D eigenvalue weighted by Gasteiger charge is 1.86. The van der Waals surface area contributed by atoms with Gasteiger partial charge in [-0.1, -0.05) is 19.7 Å². The fourth-order valence-corrected chi connectivity index (χ4v) is 0. The van der Waals surface area contributed by atoms with Gasteiger partial charge in [0.15, 0.2) is 0 Å². The molecule has 0 fully saturated rings. The molecule has 0 rings (SSSR count). The summed E-state index contributed by atoms with van der Waals surface area (Å²) in [6.07, 6.45) is 2.24. The van der Waals surface area contributed by atoms with E-state index in [9.17, 15) is 9.59 Å². The Morgan fingerprint density at radius 1 is 1.33 bits per heavy atom. The van der Waals surface area contributed by atoms with E-state index in [4.69, 9.17) is 11.0 Å². The molecule has 0 unspecified atom stereocenters. The van der Waals surface area contributed by atoms with Crippen molar-refractivity contribution >= 4 is 11.8 Å². The van der Waals surface area contributed by atoms with E-state index in [1.165, 1.54) is 6.08 Å². The summed E-state index contributed by atoms with van der Waals surface area (Å²) in [7, 11) is 0. The molecule has 0 aromatic rings. The summed E-state index contributed by atoms with van der Waals surface area (Å²) >= 11 is 0. The topological polar surface area (TPSA) is 110 Å². The monoisotopic (exact) mass is 209 g/mol. The maximum absolute atomic E-state index is 9.82. The fourth-order valence-electron chi connectivity index (χ4n) is 0. The lowest BCUT2D eigenvalue weighted by molar-refractivity contribution is -0.115. The van der Waals surface area contributed by atoms with Gasteiger partial charge >= 0.3 is 0 Å². The summed E-state index contributed by atoms with van der Waals surface area (Å²) in [5.74, 6) is -0.917. The molecule has 0 aliphatic rings. The Hall–Kier alpha value is -2.35. The van der Waals surface area contributed by atoms with E-state index in [1.807, 2.05) is 0 Å². The van der Waals surface area contributed by atoms with Gasteiger partial charge in [0.1, 0.15) is 0 Å². The predicted molar refractivity (Wildman–Crippen MR) is 59.2 cm³/mol. The van der Waals surface area contributed by atoms with Crippen LogP contribution in [0.3, 0.4) is 0 Å². The van der Waals surface area contributed by atoms with Gasteiger partial charge in [-0.05, 0) is 13.0 Å². The van der Waals surface area contributed by atoms with E-state index >= 15 is 0 Å². The number of carbonyl (C=O) groups is 2. The number of carbonyl (C=O) groups excluding carboxylic acids is 2.